The van der Waals surface area contributed by atoms with Gasteiger partial charge in [-0.25, -0.2) is 4.79 Å². The van der Waals surface area contributed by atoms with Crippen LogP contribution >= 0.6 is 0 Å². The van der Waals surface area contributed by atoms with Gasteiger partial charge in [0.1, 0.15) is 12.6 Å². The van der Waals surface area contributed by atoms with E-state index in [-0.39, 0.29) is 25.5 Å². The number of aryl methyl sites for hydroxylation is 1. The number of benzene rings is 3. The number of aliphatic hydroxyl groups is 1. The van der Waals surface area contributed by atoms with Crippen LogP contribution in [0.2, 0.25) is 0 Å². The number of rotatable bonds is 8. The fourth-order valence-electron chi connectivity index (χ4n) is 4.66. The second-order valence-electron chi connectivity index (χ2n) is 8.76. The zero-order valence-corrected chi connectivity index (χ0v) is 19.6. The van der Waals surface area contributed by atoms with Crippen LogP contribution in [0.3, 0.4) is 0 Å². The third-order valence-corrected chi connectivity index (χ3v) is 6.45. The summed E-state index contributed by atoms with van der Waals surface area (Å²) in [5, 5.41) is 12.7. The Bertz CT molecular complexity index is 1110. The Morgan fingerprint density at radius 2 is 1.76 bits per heavy atom. The van der Waals surface area contributed by atoms with E-state index in [9.17, 15) is 14.7 Å². The monoisotopic (exact) mass is 460 g/mol. The molecular weight excluding hydrogens is 428 g/mol. The van der Waals surface area contributed by atoms with Gasteiger partial charge in [0, 0.05) is 19.5 Å². The SMILES string of the molecule is CCN(CCCc1cccc2ccccc12)C(=O)[C@@H]1CC(O)CN1C(=O)OCc1ccccc1. The molecule has 0 saturated carbocycles. The maximum absolute atomic E-state index is 13.3. The largest absolute Gasteiger partial charge is 0.445 e. The molecule has 6 nitrogen and oxygen atoms in total. The van der Waals surface area contributed by atoms with E-state index in [1.54, 1.807) is 4.90 Å². The molecule has 1 aliphatic heterocycles. The molecule has 0 aliphatic carbocycles. The number of amides is 2. The van der Waals surface area contributed by atoms with Crippen LogP contribution in [0.5, 0.6) is 0 Å². The van der Waals surface area contributed by atoms with Crippen molar-refractivity contribution in [3.8, 4) is 0 Å². The first-order valence-corrected chi connectivity index (χ1v) is 12.0. The molecule has 2 atom stereocenters. The Balaban J connectivity index is 1.36. The topological polar surface area (TPSA) is 70.1 Å². The summed E-state index contributed by atoms with van der Waals surface area (Å²) in [6.07, 6.45) is 0.625. The van der Waals surface area contributed by atoms with Gasteiger partial charge in [-0.1, -0.05) is 72.8 Å². The van der Waals surface area contributed by atoms with E-state index in [0.29, 0.717) is 13.1 Å². The van der Waals surface area contributed by atoms with Crippen LogP contribution in [0.1, 0.15) is 30.9 Å². The zero-order chi connectivity index (χ0) is 23.9. The normalized spacial score (nSPS) is 17.6. The Morgan fingerprint density at radius 3 is 2.56 bits per heavy atom. The lowest BCUT2D eigenvalue weighted by molar-refractivity contribution is -0.135. The predicted molar refractivity (Wildman–Crippen MR) is 132 cm³/mol. The maximum Gasteiger partial charge on any atom is 0.410 e. The highest BCUT2D eigenvalue weighted by Gasteiger charge is 2.41. The lowest BCUT2D eigenvalue weighted by atomic mass is 10.0. The maximum atomic E-state index is 13.3. The van der Waals surface area contributed by atoms with Crippen molar-refractivity contribution in [3.63, 3.8) is 0 Å². The first-order valence-electron chi connectivity index (χ1n) is 12.0. The number of β-amino-alcohol motifs (C(OH)–C–C–N with tert-alkyl or cyclic N) is 1. The number of likely N-dealkylation sites (N-methyl/N-ethyl adjacent to an activating group) is 1. The van der Waals surface area contributed by atoms with Crippen molar-refractivity contribution in [2.24, 2.45) is 0 Å². The minimum atomic E-state index is -0.729. The number of aliphatic hydroxyl groups excluding tert-OH is 1. The van der Waals surface area contributed by atoms with Crippen LogP contribution in [-0.4, -0.2) is 58.7 Å². The average molecular weight is 461 g/mol. The summed E-state index contributed by atoms with van der Waals surface area (Å²) in [7, 11) is 0. The smallest absolute Gasteiger partial charge is 0.410 e. The van der Waals surface area contributed by atoms with Gasteiger partial charge in [-0.2, -0.15) is 0 Å². The van der Waals surface area contributed by atoms with Gasteiger partial charge < -0.3 is 14.7 Å². The molecule has 1 aliphatic rings. The summed E-state index contributed by atoms with van der Waals surface area (Å²) in [5.74, 6) is -0.131. The standard InChI is InChI=1S/C28H32N2O4/c1-2-29(17-9-15-23-14-8-13-22-12-6-7-16-25(22)23)27(32)26-18-24(31)19-30(26)28(33)34-20-21-10-4-3-5-11-21/h3-8,10-14,16,24,26,31H,2,9,15,17-20H2,1H3/t24?,26-/m0/s1. The van der Waals surface area contributed by atoms with Crippen LogP contribution in [0.15, 0.2) is 72.8 Å². The summed E-state index contributed by atoms with van der Waals surface area (Å²) in [5.41, 5.74) is 2.14. The first-order chi connectivity index (χ1) is 16.6. The van der Waals surface area contributed by atoms with Gasteiger partial charge in [-0.15, -0.1) is 0 Å². The number of likely N-dealkylation sites (tertiary alicyclic amines) is 1. The van der Waals surface area contributed by atoms with E-state index >= 15 is 0 Å². The summed E-state index contributed by atoms with van der Waals surface area (Å²) < 4.78 is 5.44. The molecule has 34 heavy (non-hydrogen) atoms. The summed E-state index contributed by atoms with van der Waals surface area (Å²) in [6.45, 7) is 3.33. The molecule has 2 amide bonds. The molecule has 1 unspecified atom stereocenters. The molecule has 1 saturated heterocycles. The van der Waals surface area contributed by atoms with Crippen molar-refractivity contribution in [3.05, 3.63) is 83.9 Å². The average Bonchev–Trinajstić information content (AvgIpc) is 3.27. The second-order valence-corrected chi connectivity index (χ2v) is 8.76. The zero-order valence-electron chi connectivity index (χ0n) is 19.6. The Morgan fingerprint density at radius 1 is 1.03 bits per heavy atom. The van der Waals surface area contributed by atoms with Gasteiger partial charge >= 0.3 is 6.09 Å². The Kier molecular flexibility index (Phi) is 7.80. The van der Waals surface area contributed by atoms with Crippen molar-refractivity contribution >= 4 is 22.8 Å². The van der Waals surface area contributed by atoms with E-state index in [4.69, 9.17) is 4.74 Å². The number of carbonyl (C=O) groups is 2. The third kappa shape index (κ3) is 5.57. The van der Waals surface area contributed by atoms with Crippen molar-refractivity contribution in [1.29, 1.82) is 0 Å². The molecule has 6 heteroatoms. The van der Waals surface area contributed by atoms with Gasteiger partial charge in [0.05, 0.1) is 12.6 Å². The molecule has 4 rings (SSSR count). The predicted octanol–water partition coefficient (Wildman–Crippen LogP) is 4.39. The lowest BCUT2D eigenvalue weighted by Crippen LogP contribution is -2.48. The van der Waals surface area contributed by atoms with E-state index < -0.39 is 18.2 Å². The van der Waals surface area contributed by atoms with Gasteiger partial charge in [0.25, 0.3) is 0 Å². The molecule has 3 aromatic rings. The molecule has 0 bridgehead atoms. The van der Waals surface area contributed by atoms with Crippen LogP contribution in [0, 0.1) is 0 Å². The van der Waals surface area contributed by atoms with Gasteiger partial charge in [-0.3, -0.25) is 9.69 Å². The first kappa shape index (κ1) is 23.8. The lowest BCUT2D eigenvalue weighted by Gasteiger charge is -2.29. The summed E-state index contributed by atoms with van der Waals surface area (Å²) in [4.78, 5) is 29.2. The van der Waals surface area contributed by atoms with Crippen molar-refractivity contribution in [1.82, 2.24) is 9.80 Å². The molecule has 0 spiro atoms. The van der Waals surface area contributed by atoms with Crippen molar-refractivity contribution in [2.75, 3.05) is 19.6 Å². The molecule has 3 aromatic carbocycles. The van der Waals surface area contributed by atoms with Gasteiger partial charge in [0.2, 0.25) is 5.91 Å². The second kappa shape index (κ2) is 11.2. The van der Waals surface area contributed by atoms with E-state index in [1.807, 2.05) is 49.4 Å². The number of ether oxygens (including phenoxy) is 1. The van der Waals surface area contributed by atoms with E-state index in [1.165, 1.54) is 21.2 Å². The number of nitrogens with zero attached hydrogens (tertiary/aromatic N) is 2. The number of hydrogen-bond acceptors (Lipinski definition) is 4. The minimum absolute atomic E-state index is 0.109. The van der Waals surface area contributed by atoms with Crippen LogP contribution in [0.25, 0.3) is 10.8 Å². The number of fused-ring (bicyclic) bond motifs is 1. The molecule has 1 fully saturated rings. The quantitative estimate of drug-likeness (QED) is 0.541. The number of hydrogen-bond donors (Lipinski definition) is 1. The molecular formula is C28H32N2O4. The van der Waals surface area contributed by atoms with Gasteiger partial charge in [0.15, 0.2) is 0 Å². The highest BCUT2D eigenvalue weighted by Crippen LogP contribution is 2.23. The minimum Gasteiger partial charge on any atom is -0.445 e. The Hall–Kier alpha value is -3.38. The van der Waals surface area contributed by atoms with Crippen LogP contribution < -0.4 is 0 Å². The van der Waals surface area contributed by atoms with Crippen LogP contribution in [0.4, 0.5) is 4.79 Å². The number of carbonyl (C=O) groups excluding carboxylic acids is 2. The fraction of sp³-hybridized carbons (Fsp3) is 0.357. The molecule has 1 heterocycles. The summed E-state index contributed by atoms with van der Waals surface area (Å²) >= 11 is 0. The van der Waals surface area contributed by atoms with Crippen molar-refractivity contribution in [2.45, 2.75) is 44.9 Å². The van der Waals surface area contributed by atoms with Crippen molar-refractivity contribution < 1.29 is 19.4 Å². The molecule has 0 radical (unpaired) electrons. The highest BCUT2D eigenvalue weighted by atomic mass is 16.6. The fourth-order valence-corrected chi connectivity index (χ4v) is 4.66. The summed E-state index contributed by atoms with van der Waals surface area (Å²) in [6, 6.07) is 23.4. The Labute approximate surface area is 200 Å². The molecule has 178 valence electrons. The van der Waals surface area contributed by atoms with E-state index in [2.05, 4.69) is 30.3 Å². The van der Waals surface area contributed by atoms with Crippen LogP contribution in [-0.2, 0) is 22.6 Å². The highest BCUT2D eigenvalue weighted by molar-refractivity contribution is 5.87. The van der Waals surface area contributed by atoms with Gasteiger partial charge in [-0.05, 0) is 41.7 Å². The molecule has 0 aromatic heterocycles. The third-order valence-electron chi connectivity index (χ3n) is 6.45. The molecule has 1 N–H and O–H groups in total. The van der Waals surface area contributed by atoms with E-state index in [0.717, 1.165) is 18.4 Å².